The largest absolute Gasteiger partial charge is 0.481 e. The molecule has 0 heterocycles. The maximum absolute atomic E-state index is 12.5. The number of nitrogens with one attached hydrogen (secondary N) is 3. The number of amides is 3. The summed E-state index contributed by atoms with van der Waals surface area (Å²) in [7, 11) is 0. The summed E-state index contributed by atoms with van der Waals surface area (Å²) in [5.41, 5.74) is 40.7. The predicted octanol–water partition coefficient (Wildman–Crippen LogP) is 24.4. The molecule has 0 bridgehead atoms. The minimum absolute atomic E-state index is 0. The Kier molecular flexibility index (Phi) is 54.3. The molecule has 24 nitrogen and oxygen atoms in total. The third-order valence-corrected chi connectivity index (χ3v) is 41.1. The number of carboxylic acid groups (broad SMARTS) is 3. The van der Waals surface area contributed by atoms with Gasteiger partial charge in [0.05, 0.1) is 32.1 Å². The Balaban J connectivity index is 0.000000264. The van der Waals surface area contributed by atoms with Gasteiger partial charge in [-0.25, -0.2) is 19.2 Å². The van der Waals surface area contributed by atoms with Crippen molar-refractivity contribution in [1.82, 2.24) is 16.0 Å². The number of carboxylic acids is 3. The number of aliphatic carboxylic acids is 3. The summed E-state index contributed by atoms with van der Waals surface area (Å²) in [5, 5.41) is 34.5. The number of ketones is 3. The quantitative estimate of drug-likeness (QED) is 0.00692. The molecule has 147 heavy (non-hydrogen) atoms. The molecule has 15 aliphatic rings. The van der Waals surface area contributed by atoms with Gasteiger partial charge in [0.1, 0.15) is 18.3 Å². The Bertz CT molecular complexity index is 4130. The van der Waals surface area contributed by atoms with E-state index >= 15 is 0 Å². The maximum atomic E-state index is 12.5. The number of hydrogen-bond acceptors (Lipinski definition) is 15. The Hall–Kier alpha value is -3.73. The molecule has 15 aliphatic carbocycles. The first kappa shape index (κ1) is 130. The summed E-state index contributed by atoms with van der Waals surface area (Å²) < 4.78 is 17.4. The molecule has 27 heteroatoms. The van der Waals surface area contributed by atoms with Crippen molar-refractivity contribution in [3.8, 4) is 0 Å². The predicted molar refractivity (Wildman–Crippen MR) is 582 cm³/mol. The Morgan fingerprint density at radius 2 is 0.619 bits per heavy atom. The van der Waals surface area contributed by atoms with E-state index in [-0.39, 0.29) is 190 Å². The maximum Gasteiger partial charge on any atom is 0.429 e. The molecular weight excluding hydrogens is 2390 g/mol. The number of fused-ring (bicyclic) bond motifs is 15. The van der Waals surface area contributed by atoms with E-state index < -0.39 is 35.9 Å². The monoisotopic (exact) mass is 2600 g/mol. The number of rotatable bonds is 36. The fourth-order valence-electron chi connectivity index (χ4n) is 32.6. The molecule has 0 spiro atoms. The van der Waals surface area contributed by atoms with Crippen molar-refractivity contribution < 1.29 is 136 Å². The first-order valence-electron chi connectivity index (χ1n) is 59.0. The van der Waals surface area contributed by atoms with E-state index in [9.17, 15) is 43.2 Å². The Labute approximate surface area is 931 Å². The molecule has 12 fully saturated rings. The van der Waals surface area contributed by atoms with E-state index in [1.807, 2.05) is 0 Å². The summed E-state index contributed by atoms with van der Waals surface area (Å²) in [6, 6.07) is 1.69. The van der Waals surface area contributed by atoms with Crippen LogP contribution in [0.2, 0.25) is 0 Å². The van der Waals surface area contributed by atoms with Crippen molar-refractivity contribution in [2.24, 2.45) is 173 Å². The minimum atomic E-state index is -1.31. The zero-order valence-corrected chi connectivity index (χ0v) is 101. The van der Waals surface area contributed by atoms with Crippen LogP contribution in [-0.4, -0.2) is 157 Å². The fourth-order valence-corrected chi connectivity index (χ4v) is 32.6. The van der Waals surface area contributed by atoms with Crippen molar-refractivity contribution >= 4 is 53.5 Å². The van der Waals surface area contributed by atoms with Crippen LogP contribution in [0.3, 0.4) is 0 Å². The van der Waals surface area contributed by atoms with E-state index in [0.29, 0.717) is 55.0 Å². The van der Waals surface area contributed by atoms with E-state index in [4.69, 9.17) is 63.9 Å². The minimum Gasteiger partial charge on any atom is -0.481 e. The molecule has 3 amide bonds. The zero-order chi connectivity index (χ0) is 105. The molecule has 0 radical (unpaired) electrons. The van der Waals surface area contributed by atoms with Crippen LogP contribution in [0.15, 0.2) is 34.9 Å². The van der Waals surface area contributed by atoms with Gasteiger partial charge in [0.15, 0.2) is 6.42 Å². The van der Waals surface area contributed by atoms with Crippen molar-refractivity contribution in [1.29, 1.82) is 0 Å². The van der Waals surface area contributed by atoms with Gasteiger partial charge in [-0.1, -0.05) is 235 Å². The van der Waals surface area contributed by atoms with Crippen molar-refractivity contribution in [2.75, 3.05) is 19.6 Å². The number of hydrogen-bond donors (Lipinski definition) is 12. The van der Waals surface area contributed by atoms with Gasteiger partial charge < -0.3 is 79.9 Å². The summed E-state index contributed by atoms with van der Waals surface area (Å²) in [4.78, 5) is 97.9. The second kappa shape index (κ2) is 61.3. The van der Waals surface area contributed by atoms with Crippen molar-refractivity contribution in [2.45, 2.75) is 505 Å². The number of allylic oxidation sites excluding steroid dienone is 3. The van der Waals surface area contributed by atoms with Crippen molar-refractivity contribution in [3.05, 3.63) is 34.9 Å². The third kappa shape index (κ3) is 35.9. The molecule has 0 aromatic carbocycles. The van der Waals surface area contributed by atoms with Crippen LogP contribution in [0.4, 0.5) is 14.4 Å². The molecule has 0 aliphatic heterocycles. The van der Waals surface area contributed by atoms with Gasteiger partial charge in [0.2, 0.25) is 0 Å². The SMILES string of the molecule is CC(C)CCC[C@@H](C)[C@H]1CC[C@H]2[C@@H]3CC=C4CC(OC(=O)NCCCC(=[OH+])C(=O)O)CC[C@]4(C)[C@H]3CC[C@]12C.CC(C)CCC[C@@H](C)[C@H]1CC[C@H]2[C@@H]3CC=C4CC(OC(=O)NCCCC(=[OH+])CC(=O)O)CC[C@]4(C)[C@H]3CC[C@]12C.CC(C)CCC[C@@H](C)[C@H]1CC[C@H]2[C@@H]3CC=C4CC(OC(=O)NCCCC(=[OH+])CCC(=O)O)CC[C@]4(C)[C@H]3CC[C@]12C.NC1CCCCC1N.NC1CCCCC1N.NC1CCCCC1N.[Pt].[Pt].[Pt]. The van der Waals surface area contributed by atoms with Crippen LogP contribution in [0.1, 0.15) is 451 Å². The van der Waals surface area contributed by atoms with Gasteiger partial charge in [0.25, 0.3) is 5.78 Å². The van der Waals surface area contributed by atoms with E-state index in [0.717, 1.165) is 203 Å². The van der Waals surface area contributed by atoms with Crippen LogP contribution >= 0.6 is 0 Å². The number of ether oxygens (including phenoxy) is 3. The first-order valence-corrected chi connectivity index (χ1v) is 59.0. The molecule has 30 atom stereocenters. The number of carbonyl (C=O) groups is 6. The molecule has 852 valence electrons. The molecule has 0 aromatic rings. The molecule has 21 N–H and O–H groups in total. The first-order chi connectivity index (χ1) is 68.2. The Morgan fingerprint density at radius 3 is 0.878 bits per heavy atom. The number of nitrogens with two attached hydrogens (primary N) is 6. The van der Waals surface area contributed by atoms with Gasteiger partial charge in [-0.2, -0.15) is 0 Å². The molecule has 15 rings (SSSR count). The third-order valence-electron chi connectivity index (χ3n) is 41.1. The average Bonchev–Trinajstić information content (AvgIpc) is 1.61. The topological polar surface area (TPSA) is 447 Å². The Morgan fingerprint density at radius 1 is 0.340 bits per heavy atom. The summed E-state index contributed by atoms with van der Waals surface area (Å²) in [6.45, 7) is 38.3. The number of alkyl carbamates (subject to hydrolysis) is 3. The fraction of sp³-hybridized carbons (Fsp3) is 0.875. The molecular formula is C120H210N9O15Pt3+3. The van der Waals surface area contributed by atoms with Crippen LogP contribution < -0.4 is 50.4 Å². The summed E-state index contributed by atoms with van der Waals surface area (Å²) in [5.74, 6) is 11.0. The van der Waals surface area contributed by atoms with Gasteiger partial charge >= 0.3 is 47.8 Å². The zero-order valence-electron chi connectivity index (χ0n) is 93.9. The van der Waals surface area contributed by atoms with Gasteiger partial charge in [-0.15, -0.1) is 0 Å². The van der Waals surface area contributed by atoms with Crippen LogP contribution in [0, 0.1) is 139 Å². The molecule has 0 aromatic heterocycles. The second-order valence-electron chi connectivity index (χ2n) is 52.0. The van der Waals surface area contributed by atoms with E-state index in [2.05, 4.69) is 138 Å². The average molecular weight is 2600 g/mol. The smallest absolute Gasteiger partial charge is 0.429 e. The van der Waals surface area contributed by atoms with Crippen LogP contribution in [0.25, 0.3) is 0 Å². The second-order valence-corrected chi connectivity index (χ2v) is 52.0. The van der Waals surface area contributed by atoms with Gasteiger partial charge in [-0.05, 0) is 332 Å². The van der Waals surface area contributed by atoms with Crippen LogP contribution in [-0.2, 0) is 91.8 Å². The van der Waals surface area contributed by atoms with Gasteiger partial charge in [0, 0.05) is 138 Å². The normalized spacial score (nSPS) is 35.6. The van der Waals surface area contributed by atoms with E-state index in [1.54, 1.807) is 0 Å². The van der Waals surface area contributed by atoms with E-state index in [1.165, 1.54) is 209 Å². The van der Waals surface area contributed by atoms with Crippen molar-refractivity contribution in [3.63, 3.8) is 0 Å². The molecule has 0 saturated heterocycles. The van der Waals surface area contributed by atoms with Crippen LogP contribution in [0.5, 0.6) is 0 Å². The van der Waals surface area contributed by atoms with Gasteiger partial charge in [-0.3, -0.25) is 24.0 Å². The number of carbonyl (C=O) groups excluding carboxylic acids is 6. The summed E-state index contributed by atoms with van der Waals surface area (Å²) >= 11 is 0. The molecule has 12 saturated carbocycles. The summed E-state index contributed by atoms with van der Waals surface area (Å²) in [6.07, 6.45) is 63.5. The molecule has 9 unspecified atom stereocenters. The standard InChI is InChI=1S/C35H57NO5.C34H55NO5.C33H53NO5.3C6H14N2.3Pt/c1-23(2)8-6-9-24(3)29-14-15-30-28-13-11-25-22-27(17-19-34(25,4)31(28)18-20-35(29,30)5)41-33(40)36-21-7-10-26(37)12-16-32(38)39;1-22(2)8-6-9-23(3)28-13-14-29-27-12-11-24-20-26(15-17-33(24,4)30(27)16-18-34(28,29)5)40-32(39)35-19-7-10-25(36)21-31(37)38;1-21(2)8-6-9-22(3)26-13-14-27-25-12-11-23-20-24(39-31(38)34-19-7-10-29(35)30(36)37)15-17-32(23,4)28(25)16-18-33(26,27)5;3*7-5-3-1-2-4-6(5)8;;;/h11,23-24,27-31H,6-10,12-22H2,1-5H3,(H,36,40)(H,38,39);11,22-23,26-30H,6-10,12-21H2,1-5H3,(H,35,39)(H,37,38);11,21-22,24-28H,6-10,12-20H2,1-5H3,(H,34,38)(H,36,37);3*5-6H,1-4,7-8H2;;;/p+3/t24-,27?,28+,29-,30+,31+,34+,35-;23-,26?,27+,28-,29+,30+,33+,34-;22-,24?,25+,26-,27+,28+,32+,33-;;;;;;/m111....../s1.